The molecule has 0 atom stereocenters. The van der Waals surface area contributed by atoms with E-state index in [0.29, 0.717) is 17.7 Å². The molecule has 0 bridgehead atoms. The number of carbonyl (C=O) groups is 1. The van der Waals surface area contributed by atoms with Gasteiger partial charge in [0.05, 0.1) is 11.6 Å². The number of hydrogen-bond donors (Lipinski definition) is 1. The predicted molar refractivity (Wildman–Crippen MR) is 73.8 cm³/mol. The van der Waals surface area contributed by atoms with Gasteiger partial charge in [-0.3, -0.25) is 4.79 Å². The van der Waals surface area contributed by atoms with E-state index in [9.17, 15) is 4.79 Å². The Kier molecular flexibility index (Phi) is 4.93. The number of rotatable bonds is 4. The van der Waals surface area contributed by atoms with Crippen LogP contribution in [0.5, 0.6) is 0 Å². The van der Waals surface area contributed by atoms with E-state index >= 15 is 0 Å². The van der Waals surface area contributed by atoms with Gasteiger partial charge in [-0.15, -0.1) is 0 Å². The van der Waals surface area contributed by atoms with Crippen LogP contribution in [0.3, 0.4) is 0 Å². The SMILES string of the molecule is N#Cc1ccc(C(=O)NCCN2CCCCC2)cc1. The minimum Gasteiger partial charge on any atom is -0.351 e. The van der Waals surface area contributed by atoms with Gasteiger partial charge in [-0.25, -0.2) is 0 Å². The molecule has 0 aliphatic carbocycles. The number of nitriles is 1. The number of amides is 1. The lowest BCUT2D eigenvalue weighted by Crippen LogP contribution is -2.37. The zero-order chi connectivity index (χ0) is 13.5. The van der Waals surface area contributed by atoms with Crippen LogP contribution in [0.1, 0.15) is 35.2 Å². The largest absolute Gasteiger partial charge is 0.351 e. The van der Waals surface area contributed by atoms with Crippen molar-refractivity contribution in [2.24, 2.45) is 0 Å². The highest BCUT2D eigenvalue weighted by molar-refractivity contribution is 5.94. The Balaban J connectivity index is 1.75. The molecular formula is C15H19N3O. The maximum absolute atomic E-state index is 11.9. The monoisotopic (exact) mass is 257 g/mol. The van der Waals surface area contributed by atoms with E-state index in [0.717, 1.165) is 19.6 Å². The molecule has 0 saturated carbocycles. The molecule has 0 spiro atoms. The molecule has 100 valence electrons. The Labute approximate surface area is 114 Å². The molecule has 4 heteroatoms. The molecule has 1 amide bonds. The molecule has 1 aromatic rings. The third-order valence-corrected chi connectivity index (χ3v) is 3.44. The van der Waals surface area contributed by atoms with Gasteiger partial charge >= 0.3 is 0 Å². The van der Waals surface area contributed by atoms with E-state index in [1.807, 2.05) is 6.07 Å². The number of likely N-dealkylation sites (tertiary alicyclic amines) is 1. The average molecular weight is 257 g/mol. The normalized spacial score (nSPS) is 15.7. The molecule has 1 aliphatic heterocycles. The number of piperidine rings is 1. The maximum Gasteiger partial charge on any atom is 0.251 e. The third-order valence-electron chi connectivity index (χ3n) is 3.44. The number of hydrogen-bond acceptors (Lipinski definition) is 3. The Morgan fingerprint density at radius 1 is 1.21 bits per heavy atom. The molecule has 19 heavy (non-hydrogen) atoms. The van der Waals surface area contributed by atoms with Crippen molar-refractivity contribution in [3.05, 3.63) is 35.4 Å². The summed E-state index contributed by atoms with van der Waals surface area (Å²) in [6.07, 6.45) is 3.86. The molecular weight excluding hydrogens is 238 g/mol. The fourth-order valence-electron chi connectivity index (χ4n) is 2.31. The Bertz CT molecular complexity index is 455. The molecule has 1 fully saturated rings. The van der Waals surface area contributed by atoms with Gasteiger partial charge in [-0.2, -0.15) is 5.26 Å². The lowest BCUT2D eigenvalue weighted by atomic mass is 10.1. The number of benzene rings is 1. The summed E-state index contributed by atoms with van der Waals surface area (Å²) in [6.45, 7) is 3.89. The topological polar surface area (TPSA) is 56.1 Å². The second kappa shape index (κ2) is 6.91. The molecule has 1 N–H and O–H groups in total. The van der Waals surface area contributed by atoms with Crippen LogP contribution in [0.4, 0.5) is 0 Å². The fraction of sp³-hybridized carbons (Fsp3) is 0.467. The highest BCUT2D eigenvalue weighted by Crippen LogP contribution is 2.07. The van der Waals surface area contributed by atoms with Crippen molar-refractivity contribution >= 4 is 5.91 Å². The molecule has 2 rings (SSSR count). The van der Waals surface area contributed by atoms with Gasteiger partial charge in [0.15, 0.2) is 0 Å². The van der Waals surface area contributed by atoms with Crippen LogP contribution in [0.25, 0.3) is 0 Å². The summed E-state index contributed by atoms with van der Waals surface area (Å²) in [5.41, 5.74) is 1.18. The van der Waals surface area contributed by atoms with Gasteiger partial charge in [-0.05, 0) is 50.2 Å². The molecule has 4 nitrogen and oxygen atoms in total. The fourth-order valence-corrected chi connectivity index (χ4v) is 2.31. The Morgan fingerprint density at radius 2 is 1.89 bits per heavy atom. The first-order chi connectivity index (χ1) is 9.29. The summed E-state index contributed by atoms with van der Waals surface area (Å²) in [6, 6.07) is 8.75. The highest BCUT2D eigenvalue weighted by Gasteiger charge is 2.10. The zero-order valence-corrected chi connectivity index (χ0v) is 11.1. The second-order valence-electron chi connectivity index (χ2n) is 4.85. The summed E-state index contributed by atoms with van der Waals surface area (Å²) in [5, 5.41) is 11.6. The Morgan fingerprint density at radius 3 is 2.53 bits per heavy atom. The van der Waals surface area contributed by atoms with Crippen LogP contribution < -0.4 is 5.32 Å². The quantitative estimate of drug-likeness (QED) is 0.894. The first-order valence-electron chi connectivity index (χ1n) is 6.80. The summed E-state index contributed by atoms with van der Waals surface area (Å²) >= 11 is 0. The van der Waals surface area contributed by atoms with Gasteiger partial charge in [0.25, 0.3) is 5.91 Å². The van der Waals surface area contributed by atoms with Crippen molar-refractivity contribution < 1.29 is 4.79 Å². The van der Waals surface area contributed by atoms with Crippen LogP contribution in [0, 0.1) is 11.3 Å². The zero-order valence-electron chi connectivity index (χ0n) is 11.1. The predicted octanol–water partition coefficient (Wildman–Crippen LogP) is 1.77. The van der Waals surface area contributed by atoms with E-state index in [4.69, 9.17) is 5.26 Å². The van der Waals surface area contributed by atoms with Crippen molar-refractivity contribution in [3.8, 4) is 6.07 Å². The minimum atomic E-state index is -0.0681. The summed E-state index contributed by atoms with van der Waals surface area (Å²) in [7, 11) is 0. The van der Waals surface area contributed by atoms with Crippen molar-refractivity contribution in [1.29, 1.82) is 5.26 Å². The lowest BCUT2D eigenvalue weighted by Gasteiger charge is -2.26. The molecule has 0 unspecified atom stereocenters. The van der Waals surface area contributed by atoms with Crippen molar-refractivity contribution in [1.82, 2.24) is 10.2 Å². The summed E-state index contributed by atoms with van der Waals surface area (Å²) in [5.74, 6) is -0.0681. The van der Waals surface area contributed by atoms with Crippen LogP contribution in [-0.2, 0) is 0 Å². The second-order valence-corrected chi connectivity index (χ2v) is 4.85. The molecule has 0 radical (unpaired) electrons. The van der Waals surface area contributed by atoms with E-state index in [1.165, 1.54) is 19.3 Å². The third kappa shape index (κ3) is 4.08. The molecule has 1 aliphatic rings. The maximum atomic E-state index is 11.9. The smallest absolute Gasteiger partial charge is 0.251 e. The number of carbonyl (C=O) groups excluding carboxylic acids is 1. The average Bonchev–Trinajstić information content (AvgIpc) is 2.48. The number of nitrogens with one attached hydrogen (secondary N) is 1. The van der Waals surface area contributed by atoms with E-state index in [1.54, 1.807) is 24.3 Å². The summed E-state index contributed by atoms with van der Waals surface area (Å²) < 4.78 is 0. The minimum absolute atomic E-state index is 0.0681. The van der Waals surface area contributed by atoms with Gasteiger partial charge in [0.1, 0.15) is 0 Å². The molecule has 0 aromatic heterocycles. The number of nitrogens with zero attached hydrogens (tertiary/aromatic N) is 2. The van der Waals surface area contributed by atoms with Crippen LogP contribution in [0.2, 0.25) is 0 Å². The van der Waals surface area contributed by atoms with Crippen molar-refractivity contribution in [2.45, 2.75) is 19.3 Å². The van der Waals surface area contributed by atoms with E-state index in [-0.39, 0.29) is 5.91 Å². The van der Waals surface area contributed by atoms with Crippen molar-refractivity contribution in [2.75, 3.05) is 26.2 Å². The van der Waals surface area contributed by atoms with Gasteiger partial charge in [0.2, 0.25) is 0 Å². The van der Waals surface area contributed by atoms with E-state index in [2.05, 4.69) is 10.2 Å². The first-order valence-corrected chi connectivity index (χ1v) is 6.80. The van der Waals surface area contributed by atoms with Crippen LogP contribution in [0.15, 0.2) is 24.3 Å². The molecule has 1 aromatic carbocycles. The lowest BCUT2D eigenvalue weighted by molar-refractivity contribution is 0.0946. The van der Waals surface area contributed by atoms with Crippen LogP contribution >= 0.6 is 0 Å². The molecule has 1 saturated heterocycles. The van der Waals surface area contributed by atoms with Gasteiger partial charge in [0, 0.05) is 18.7 Å². The van der Waals surface area contributed by atoms with E-state index < -0.39 is 0 Å². The Hall–Kier alpha value is -1.86. The first kappa shape index (κ1) is 13.6. The van der Waals surface area contributed by atoms with Gasteiger partial charge < -0.3 is 10.2 Å². The standard InChI is InChI=1S/C15H19N3O/c16-12-13-4-6-14(7-5-13)15(19)17-8-11-18-9-2-1-3-10-18/h4-7H,1-3,8-11H2,(H,17,19). The summed E-state index contributed by atoms with van der Waals surface area (Å²) in [4.78, 5) is 14.3. The molecule has 1 heterocycles. The van der Waals surface area contributed by atoms with Crippen LogP contribution in [-0.4, -0.2) is 37.0 Å². The highest BCUT2D eigenvalue weighted by atomic mass is 16.1. The van der Waals surface area contributed by atoms with Crippen molar-refractivity contribution in [3.63, 3.8) is 0 Å². The van der Waals surface area contributed by atoms with Gasteiger partial charge in [-0.1, -0.05) is 6.42 Å².